The summed E-state index contributed by atoms with van der Waals surface area (Å²) in [6.07, 6.45) is 0. The molecule has 0 bridgehead atoms. The molecule has 0 radical (unpaired) electrons. The Bertz CT molecular complexity index is 1230. The molecule has 10 heteroatoms. The second kappa shape index (κ2) is 7.44. The zero-order chi connectivity index (χ0) is 18.9. The van der Waals surface area contributed by atoms with Crippen LogP contribution in [0.15, 0.2) is 65.3 Å². The number of benzene rings is 2. The number of nitrogens with zero attached hydrogens (tertiary/aromatic N) is 3. The molecule has 6 nitrogen and oxygen atoms in total. The maximum absolute atomic E-state index is 13.1. The molecular weight excluding hydrogens is 419 g/mol. The summed E-state index contributed by atoms with van der Waals surface area (Å²) in [7, 11) is -3.13. The molecule has 0 amide bonds. The molecular formula is C17H13N4O2PS3. The van der Waals surface area contributed by atoms with Crippen molar-refractivity contribution in [3.8, 4) is 16.9 Å². The minimum atomic E-state index is -3.62. The van der Waals surface area contributed by atoms with Crippen LogP contribution in [0.4, 0.5) is 0 Å². The van der Waals surface area contributed by atoms with Crippen molar-refractivity contribution >= 4 is 41.7 Å². The largest absolute Gasteiger partial charge is 0.258 e. The summed E-state index contributed by atoms with van der Waals surface area (Å²) in [4.78, 5) is 0. The van der Waals surface area contributed by atoms with Gasteiger partial charge < -0.3 is 0 Å². The second-order valence-electron chi connectivity index (χ2n) is 5.61. The van der Waals surface area contributed by atoms with E-state index in [1.54, 1.807) is 4.44 Å². The number of rotatable bonds is 5. The van der Waals surface area contributed by atoms with E-state index in [2.05, 4.69) is 15.3 Å². The average Bonchev–Trinajstić information content (AvgIpc) is 3.30. The molecule has 0 saturated heterocycles. The molecule has 4 rings (SSSR count). The molecule has 0 atom stereocenters. The number of nitrogens with one attached hydrogen (secondary N) is 1. The average molecular weight is 432 g/mol. The number of hydrogen-bond donors (Lipinski definition) is 1. The molecule has 4 aromatic rings. The van der Waals surface area contributed by atoms with Crippen LogP contribution in [0.5, 0.6) is 0 Å². The highest BCUT2D eigenvalue weighted by Crippen LogP contribution is 2.36. The van der Waals surface area contributed by atoms with Gasteiger partial charge in [0.25, 0.3) is 0 Å². The second-order valence-corrected chi connectivity index (χ2v) is 10.6. The SMILES string of the molecule is O=S(=O)(Cc1n[nH]c(=S)s1)c1pn(-c2ccccc2)nc1-c1ccccc1. The van der Waals surface area contributed by atoms with Gasteiger partial charge in [0.1, 0.15) is 21.1 Å². The molecule has 2 aromatic carbocycles. The summed E-state index contributed by atoms with van der Waals surface area (Å²) < 4.78 is 28.7. The maximum Gasteiger partial charge on any atom is 0.193 e. The first kappa shape index (κ1) is 18.2. The lowest BCUT2D eigenvalue weighted by molar-refractivity contribution is 0.597. The van der Waals surface area contributed by atoms with E-state index < -0.39 is 9.84 Å². The van der Waals surface area contributed by atoms with E-state index in [1.165, 1.54) is 11.3 Å². The number of H-pyrrole nitrogens is 1. The first-order chi connectivity index (χ1) is 13.0. The summed E-state index contributed by atoms with van der Waals surface area (Å²) >= 11 is 6.17. The Morgan fingerprint density at radius 3 is 2.37 bits per heavy atom. The van der Waals surface area contributed by atoms with Crippen LogP contribution in [0.1, 0.15) is 5.01 Å². The van der Waals surface area contributed by atoms with Gasteiger partial charge in [-0.1, -0.05) is 59.9 Å². The van der Waals surface area contributed by atoms with Crippen LogP contribution in [-0.2, 0) is 15.6 Å². The van der Waals surface area contributed by atoms with Crippen molar-refractivity contribution in [2.45, 2.75) is 10.4 Å². The lowest BCUT2D eigenvalue weighted by Gasteiger charge is -2.02. The van der Waals surface area contributed by atoms with Gasteiger partial charge in [-0.05, 0) is 24.4 Å². The van der Waals surface area contributed by atoms with E-state index in [4.69, 9.17) is 12.2 Å². The Morgan fingerprint density at radius 2 is 1.74 bits per heavy atom. The van der Waals surface area contributed by atoms with Crippen molar-refractivity contribution in [1.29, 1.82) is 0 Å². The van der Waals surface area contributed by atoms with Gasteiger partial charge in [0.2, 0.25) is 0 Å². The lowest BCUT2D eigenvalue weighted by atomic mass is 10.2. The molecule has 27 heavy (non-hydrogen) atoms. The summed E-state index contributed by atoms with van der Waals surface area (Å²) in [6, 6.07) is 18.8. The van der Waals surface area contributed by atoms with E-state index in [0.29, 0.717) is 23.0 Å². The van der Waals surface area contributed by atoms with Crippen molar-refractivity contribution in [3.05, 3.63) is 69.6 Å². The zero-order valence-corrected chi connectivity index (χ0v) is 17.2. The quantitative estimate of drug-likeness (QED) is 0.466. The molecule has 0 spiro atoms. The first-order valence-electron chi connectivity index (χ1n) is 7.88. The Hall–Kier alpha value is -2.19. The normalized spacial score (nSPS) is 11.9. The summed E-state index contributed by atoms with van der Waals surface area (Å²) in [6.45, 7) is 0. The van der Waals surface area contributed by atoms with Gasteiger partial charge in [-0.3, -0.25) is 5.10 Å². The lowest BCUT2D eigenvalue weighted by Crippen LogP contribution is -2.04. The predicted molar refractivity (Wildman–Crippen MR) is 110 cm³/mol. The third-order valence-electron chi connectivity index (χ3n) is 3.71. The van der Waals surface area contributed by atoms with Gasteiger partial charge in [0.15, 0.2) is 13.8 Å². The first-order valence-corrected chi connectivity index (χ1v) is 11.6. The highest BCUT2D eigenvalue weighted by molar-refractivity contribution is 7.93. The van der Waals surface area contributed by atoms with E-state index in [1.807, 2.05) is 60.7 Å². The number of hydrogen-bond acceptors (Lipinski definition) is 6. The fourth-order valence-electron chi connectivity index (χ4n) is 2.51. The van der Waals surface area contributed by atoms with Gasteiger partial charge >= 0.3 is 0 Å². The van der Waals surface area contributed by atoms with E-state index in [9.17, 15) is 8.42 Å². The van der Waals surface area contributed by atoms with E-state index >= 15 is 0 Å². The molecule has 0 aliphatic carbocycles. The smallest absolute Gasteiger partial charge is 0.193 e. The minimum absolute atomic E-state index is 0.207. The molecule has 1 N–H and O–H groups in total. The van der Waals surface area contributed by atoms with Crippen molar-refractivity contribution in [1.82, 2.24) is 19.7 Å². The van der Waals surface area contributed by atoms with Gasteiger partial charge in [-0.25, -0.2) is 12.9 Å². The summed E-state index contributed by atoms with van der Waals surface area (Å²) in [5.74, 6) is -0.207. The number of para-hydroxylation sites is 1. The van der Waals surface area contributed by atoms with Crippen molar-refractivity contribution in [3.63, 3.8) is 0 Å². The molecule has 0 saturated carbocycles. The highest BCUT2D eigenvalue weighted by atomic mass is 32.2. The number of aromatic amines is 1. The predicted octanol–water partition coefficient (Wildman–Crippen LogP) is 4.61. The van der Waals surface area contributed by atoms with E-state index in [0.717, 1.165) is 11.3 Å². The van der Waals surface area contributed by atoms with Gasteiger partial charge in [0, 0.05) is 5.56 Å². The summed E-state index contributed by atoms with van der Waals surface area (Å²) in [5.41, 5.74) is 2.05. The third kappa shape index (κ3) is 3.91. The summed E-state index contributed by atoms with van der Waals surface area (Å²) in [5, 5.41) is 11.7. The van der Waals surface area contributed by atoms with Crippen LogP contribution >= 0.6 is 31.9 Å². The minimum Gasteiger partial charge on any atom is -0.258 e. The van der Waals surface area contributed by atoms with E-state index in [-0.39, 0.29) is 10.4 Å². The van der Waals surface area contributed by atoms with Crippen LogP contribution in [0.2, 0.25) is 0 Å². The molecule has 0 aliphatic rings. The fraction of sp³-hybridized carbons (Fsp3) is 0.0588. The Labute approximate surface area is 166 Å². The van der Waals surface area contributed by atoms with Crippen molar-refractivity contribution < 1.29 is 8.42 Å². The molecule has 0 fully saturated rings. The molecule has 2 aromatic heterocycles. The highest BCUT2D eigenvalue weighted by Gasteiger charge is 2.26. The molecule has 0 unspecified atom stereocenters. The Kier molecular flexibility index (Phi) is 5.01. The monoisotopic (exact) mass is 432 g/mol. The van der Waals surface area contributed by atoms with Crippen LogP contribution in [-0.4, -0.2) is 28.2 Å². The maximum atomic E-state index is 13.1. The standard InChI is InChI=1S/C17H13N4O2PS3/c22-27(23,11-14-18-19-17(25)26-14)16-15(12-7-3-1-4-8-12)20-21(24-16)13-9-5-2-6-10-13/h1-10H,11H2,(H,19,25). The van der Waals surface area contributed by atoms with Gasteiger partial charge in [0.05, 0.1) is 14.0 Å². The third-order valence-corrected chi connectivity index (χ3v) is 8.40. The topological polar surface area (TPSA) is 80.6 Å². The molecule has 2 heterocycles. The Balaban J connectivity index is 1.85. The fourth-order valence-corrected chi connectivity index (χ4v) is 6.67. The number of sulfone groups is 1. The zero-order valence-electron chi connectivity index (χ0n) is 13.8. The van der Waals surface area contributed by atoms with Crippen molar-refractivity contribution in [2.75, 3.05) is 0 Å². The van der Waals surface area contributed by atoms with Crippen LogP contribution < -0.4 is 0 Å². The van der Waals surface area contributed by atoms with Crippen molar-refractivity contribution in [2.24, 2.45) is 0 Å². The van der Waals surface area contributed by atoms with Gasteiger partial charge in [-0.2, -0.15) is 10.2 Å². The Morgan fingerprint density at radius 1 is 1.07 bits per heavy atom. The molecule has 0 aliphatic heterocycles. The van der Waals surface area contributed by atoms with Gasteiger partial charge in [-0.15, -0.1) is 0 Å². The number of aromatic nitrogens is 4. The van der Waals surface area contributed by atoms with Crippen LogP contribution in [0, 0.1) is 3.95 Å². The molecule has 136 valence electrons. The van der Waals surface area contributed by atoms with Crippen LogP contribution in [0.3, 0.4) is 0 Å². The van der Waals surface area contributed by atoms with Crippen LogP contribution in [0.25, 0.3) is 16.9 Å².